The van der Waals surface area contributed by atoms with Gasteiger partial charge in [0.05, 0.1) is 11.1 Å². The van der Waals surface area contributed by atoms with Crippen molar-refractivity contribution < 1.29 is 87.8 Å². The molecule has 4 heterocycles. The zero-order valence-electron chi connectivity index (χ0n) is 31.8. The molecule has 18 nitrogen and oxygen atoms in total. The predicted octanol–water partition coefficient (Wildman–Crippen LogP) is 3.13. The summed E-state index contributed by atoms with van der Waals surface area (Å²) in [4.78, 5) is 77.1. The summed E-state index contributed by atoms with van der Waals surface area (Å²) in [5, 5.41) is 66.1. The molecule has 0 bridgehead atoms. The monoisotopic (exact) mass is 806 g/mol. The van der Waals surface area contributed by atoms with Crippen molar-refractivity contribution in [2.75, 3.05) is 0 Å². The van der Waals surface area contributed by atoms with Crippen LogP contribution < -0.4 is 9.47 Å². The van der Waals surface area contributed by atoms with E-state index in [1.807, 2.05) is 0 Å². The molecule has 0 radical (unpaired) electrons. The van der Waals surface area contributed by atoms with Gasteiger partial charge in [0.1, 0.15) is 56.8 Å². The van der Waals surface area contributed by atoms with Crippen molar-refractivity contribution >= 4 is 47.0 Å². The Labute approximate surface area is 328 Å². The molecule has 58 heavy (non-hydrogen) atoms. The van der Waals surface area contributed by atoms with E-state index in [4.69, 9.17) is 28.4 Å². The molecule has 2 saturated carbocycles. The van der Waals surface area contributed by atoms with Crippen molar-refractivity contribution in [3.05, 3.63) is 46.5 Å². The van der Waals surface area contributed by atoms with Gasteiger partial charge < -0.3 is 59.1 Å². The van der Waals surface area contributed by atoms with Crippen LogP contribution in [0.2, 0.25) is 0 Å². The zero-order valence-corrected chi connectivity index (χ0v) is 31.8. The number of aromatic hydroxyl groups is 2. The fourth-order valence-corrected chi connectivity index (χ4v) is 9.14. The Kier molecular flexibility index (Phi) is 8.14. The molecule has 0 amide bonds. The molecule has 10 atom stereocenters. The number of benzene rings is 2. The van der Waals surface area contributed by atoms with E-state index in [-0.39, 0.29) is 35.5 Å². The van der Waals surface area contributed by atoms with E-state index < -0.39 is 139 Å². The number of epoxide rings is 2. The number of ketones is 2. The number of aliphatic hydroxyl groups excluding tert-OH is 2. The smallest absolute Gasteiger partial charge is 0.320 e. The Morgan fingerprint density at radius 1 is 0.638 bits per heavy atom. The Morgan fingerprint density at radius 2 is 0.983 bits per heavy atom. The molecular formula is C40H38O18. The number of phenolic OH excluding ortho intramolecular Hbond substituents is 2. The minimum absolute atomic E-state index is 0.101. The molecule has 2 aromatic carbocycles. The SMILES string of the molecule is CC[C@H](C(=O)O)C(=O)O[C@H]1[C@@]2(C)O[C@H]2C(=O)C2=C(O)c3c(ccc(-c4ccc5c(c4O)C(O)=C4C(=O)[C@@H]6O[C@]6(C)[C@H](OC(=O)[C@@H](CC)C(=O)O)[C@]4(C)O5)c3O)O[C@]21C. The third-order valence-corrected chi connectivity index (χ3v) is 12.3. The third-order valence-electron chi connectivity index (χ3n) is 12.3. The quantitative estimate of drug-likeness (QED) is 0.121. The molecule has 4 aliphatic heterocycles. The molecular weight excluding hydrogens is 768 g/mol. The van der Waals surface area contributed by atoms with Gasteiger partial charge in [-0.15, -0.1) is 0 Å². The number of carboxylic acid groups (broad SMARTS) is 2. The highest BCUT2D eigenvalue weighted by Gasteiger charge is 2.77. The van der Waals surface area contributed by atoms with Crippen molar-refractivity contribution in [1.29, 1.82) is 0 Å². The summed E-state index contributed by atoms with van der Waals surface area (Å²) < 4.78 is 35.2. The first-order valence-electron chi connectivity index (χ1n) is 18.4. The van der Waals surface area contributed by atoms with Gasteiger partial charge in [0, 0.05) is 11.1 Å². The van der Waals surface area contributed by atoms with Crippen molar-refractivity contribution in [2.45, 2.75) is 101 Å². The number of phenols is 2. The minimum atomic E-state index is -1.93. The number of carboxylic acids is 2. The Bertz CT molecular complexity index is 2210. The van der Waals surface area contributed by atoms with Crippen LogP contribution in [0.1, 0.15) is 65.5 Å². The molecule has 2 aliphatic carbocycles. The maximum absolute atomic E-state index is 13.7. The van der Waals surface area contributed by atoms with E-state index in [2.05, 4.69) is 0 Å². The number of carbonyl (C=O) groups is 6. The highest BCUT2D eigenvalue weighted by molar-refractivity contribution is 6.13. The second kappa shape index (κ2) is 12.2. The van der Waals surface area contributed by atoms with Crippen LogP contribution in [0.15, 0.2) is 35.4 Å². The molecule has 8 rings (SSSR count). The van der Waals surface area contributed by atoms with E-state index >= 15 is 0 Å². The van der Waals surface area contributed by atoms with Crippen molar-refractivity contribution in [2.24, 2.45) is 11.8 Å². The predicted molar refractivity (Wildman–Crippen MR) is 192 cm³/mol. The van der Waals surface area contributed by atoms with Gasteiger partial charge in [-0.3, -0.25) is 28.8 Å². The highest BCUT2D eigenvalue weighted by atomic mass is 16.7. The number of rotatable bonds is 9. The average molecular weight is 807 g/mol. The number of ether oxygens (including phenoxy) is 6. The molecule has 2 aromatic rings. The lowest BCUT2D eigenvalue weighted by Gasteiger charge is -2.45. The summed E-state index contributed by atoms with van der Waals surface area (Å²) in [7, 11) is 0. The van der Waals surface area contributed by atoms with Gasteiger partial charge >= 0.3 is 23.9 Å². The molecule has 0 spiro atoms. The summed E-state index contributed by atoms with van der Waals surface area (Å²) in [5.41, 5.74) is -8.69. The highest BCUT2D eigenvalue weighted by Crippen LogP contribution is 2.61. The number of hydrogen-bond donors (Lipinski definition) is 6. The molecule has 306 valence electrons. The summed E-state index contributed by atoms with van der Waals surface area (Å²) in [5.74, 6) is -13.0. The van der Waals surface area contributed by atoms with E-state index in [0.29, 0.717) is 0 Å². The van der Waals surface area contributed by atoms with Gasteiger partial charge in [0.25, 0.3) is 0 Å². The second-order valence-corrected chi connectivity index (χ2v) is 15.9. The fraction of sp³-hybridized carbons (Fsp3) is 0.450. The van der Waals surface area contributed by atoms with Crippen LogP contribution in [-0.2, 0) is 47.7 Å². The summed E-state index contributed by atoms with van der Waals surface area (Å²) in [6, 6.07) is 5.16. The lowest BCUT2D eigenvalue weighted by atomic mass is 9.70. The van der Waals surface area contributed by atoms with Gasteiger partial charge in [-0.2, -0.15) is 0 Å². The van der Waals surface area contributed by atoms with Crippen LogP contribution in [0, 0.1) is 11.8 Å². The Hall–Kier alpha value is -6.14. The normalized spacial score (nSPS) is 33.3. The van der Waals surface area contributed by atoms with E-state index in [9.17, 15) is 59.4 Å². The van der Waals surface area contributed by atoms with Crippen LogP contribution in [0.5, 0.6) is 23.0 Å². The van der Waals surface area contributed by atoms with E-state index in [1.54, 1.807) is 0 Å². The lowest BCUT2D eigenvalue weighted by molar-refractivity contribution is -0.177. The van der Waals surface area contributed by atoms with Gasteiger partial charge in [0.15, 0.2) is 59.0 Å². The molecule has 0 aromatic heterocycles. The lowest BCUT2D eigenvalue weighted by Crippen LogP contribution is -2.62. The second-order valence-electron chi connectivity index (χ2n) is 15.9. The first-order valence-corrected chi connectivity index (χ1v) is 18.4. The number of Topliss-reactive ketones (excluding diaryl/α,β-unsaturated/α-hetero) is 2. The van der Waals surface area contributed by atoms with Crippen LogP contribution in [-0.4, -0.2) is 113 Å². The van der Waals surface area contributed by atoms with Crippen molar-refractivity contribution in [3.8, 4) is 34.1 Å². The molecule has 4 fully saturated rings. The molecule has 0 unspecified atom stereocenters. The van der Waals surface area contributed by atoms with Crippen LogP contribution >= 0.6 is 0 Å². The maximum Gasteiger partial charge on any atom is 0.320 e. The topological polar surface area (TPSA) is 286 Å². The van der Waals surface area contributed by atoms with Crippen LogP contribution in [0.25, 0.3) is 22.6 Å². The number of hydrogen-bond acceptors (Lipinski definition) is 16. The first kappa shape index (κ1) is 38.7. The molecule has 2 saturated heterocycles. The van der Waals surface area contributed by atoms with E-state index in [1.165, 1.54) is 65.8 Å². The number of carbonyl (C=O) groups excluding carboxylic acids is 4. The Morgan fingerprint density at radius 3 is 1.29 bits per heavy atom. The number of fused-ring (bicyclic) bond motifs is 6. The maximum atomic E-state index is 13.7. The Balaban J connectivity index is 1.19. The standard InChI is InChI=1S/C40H38O18/c1-7-13(31(47)48)33(51)53-35-37(3)21(27(45)29-39(35,5)57-29)25(43)19-17(55-37)11-9-15(23(19)41)16-10-12-18-20(24(16)42)26(44)22-28(46)30-40(6,58-30)36(38(22,4)56-18)54-34(52)14(8-2)32(49)50/h9-14,29-30,35-36,41-44H,7-8H2,1-6H3,(H,47,48)(H,49,50)/t13-,14+,29-,30-,35+,36+,37+,38+,39-,40-/m0/s1. The molecule has 6 aliphatic rings. The van der Waals surface area contributed by atoms with Crippen molar-refractivity contribution in [1.82, 2.24) is 0 Å². The minimum Gasteiger partial charge on any atom is -0.506 e. The first-order chi connectivity index (χ1) is 27.1. The summed E-state index contributed by atoms with van der Waals surface area (Å²) >= 11 is 0. The van der Waals surface area contributed by atoms with Gasteiger partial charge in [0.2, 0.25) is 0 Å². The number of aliphatic carboxylic acids is 2. The van der Waals surface area contributed by atoms with Crippen molar-refractivity contribution in [3.63, 3.8) is 0 Å². The molecule has 18 heteroatoms. The summed E-state index contributed by atoms with van der Waals surface area (Å²) in [6.07, 6.45) is -5.49. The van der Waals surface area contributed by atoms with Gasteiger partial charge in [-0.1, -0.05) is 13.8 Å². The van der Waals surface area contributed by atoms with Crippen LogP contribution in [0.4, 0.5) is 0 Å². The van der Waals surface area contributed by atoms with Gasteiger partial charge in [-0.05, 0) is 64.8 Å². The zero-order chi connectivity index (χ0) is 42.3. The largest absolute Gasteiger partial charge is 0.506 e. The average Bonchev–Trinajstić information content (AvgIpc) is 4.03. The third kappa shape index (κ3) is 4.90. The van der Waals surface area contributed by atoms with Gasteiger partial charge in [-0.25, -0.2) is 0 Å². The van der Waals surface area contributed by atoms with Crippen LogP contribution in [0.3, 0.4) is 0 Å². The fourth-order valence-electron chi connectivity index (χ4n) is 9.14. The number of aliphatic hydroxyl groups is 2. The number of esters is 2. The molecule has 6 N–H and O–H groups in total. The van der Waals surface area contributed by atoms with E-state index in [0.717, 1.165) is 0 Å². The summed E-state index contributed by atoms with van der Waals surface area (Å²) in [6.45, 7) is 8.63.